The Morgan fingerprint density at radius 1 is 1.00 bits per heavy atom. The molecule has 0 amide bonds. The summed E-state index contributed by atoms with van der Waals surface area (Å²) in [5.41, 5.74) is 3.04. The lowest BCUT2D eigenvalue weighted by molar-refractivity contribution is 0.305. The molecule has 0 saturated carbocycles. The van der Waals surface area contributed by atoms with E-state index in [-0.39, 0.29) is 11.9 Å². The van der Waals surface area contributed by atoms with Crippen molar-refractivity contribution < 1.29 is 4.39 Å². The van der Waals surface area contributed by atoms with Crippen molar-refractivity contribution in [2.24, 2.45) is 0 Å². The van der Waals surface area contributed by atoms with Crippen LogP contribution in [-0.2, 0) is 5.75 Å². The number of benzene rings is 2. The Bertz CT molecular complexity index is 1090. The van der Waals surface area contributed by atoms with Crippen molar-refractivity contribution in [3.8, 4) is 11.4 Å². The molecule has 2 heterocycles. The van der Waals surface area contributed by atoms with Gasteiger partial charge in [-0.05, 0) is 69.0 Å². The maximum Gasteiger partial charge on any atom is 0.196 e. The van der Waals surface area contributed by atoms with Crippen LogP contribution in [-0.4, -0.2) is 43.5 Å². The van der Waals surface area contributed by atoms with Crippen molar-refractivity contribution in [1.29, 1.82) is 0 Å². The Hall–Kier alpha value is -2.97. The van der Waals surface area contributed by atoms with Crippen LogP contribution in [0, 0.1) is 5.82 Å². The zero-order valence-corrected chi connectivity index (χ0v) is 17.9. The Kier molecular flexibility index (Phi) is 5.96. The zero-order valence-electron chi connectivity index (χ0n) is 17.1. The summed E-state index contributed by atoms with van der Waals surface area (Å²) in [5.74, 6) is 1.30. The molecular formula is C22H23FN6S. The summed E-state index contributed by atoms with van der Waals surface area (Å²) >= 11 is 1.61. The number of hydrogen-bond acceptors (Lipinski definition) is 5. The summed E-state index contributed by atoms with van der Waals surface area (Å²) in [6.07, 6.45) is 3.68. The van der Waals surface area contributed by atoms with Crippen LogP contribution in [0.1, 0.15) is 24.4 Å². The predicted octanol–water partition coefficient (Wildman–Crippen LogP) is 4.51. The summed E-state index contributed by atoms with van der Waals surface area (Å²) < 4.78 is 17.3. The van der Waals surface area contributed by atoms with Crippen molar-refractivity contribution in [2.45, 2.75) is 23.9 Å². The van der Waals surface area contributed by atoms with E-state index in [0.717, 1.165) is 28.1 Å². The van der Waals surface area contributed by atoms with Gasteiger partial charge in [-0.15, -0.1) is 10.2 Å². The summed E-state index contributed by atoms with van der Waals surface area (Å²) in [4.78, 5) is 2.08. The van der Waals surface area contributed by atoms with Gasteiger partial charge in [-0.1, -0.05) is 23.9 Å². The second kappa shape index (κ2) is 8.81. The summed E-state index contributed by atoms with van der Waals surface area (Å²) in [6, 6.07) is 16.7. The molecule has 0 aliphatic heterocycles. The monoisotopic (exact) mass is 422 g/mol. The van der Waals surface area contributed by atoms with Gasteiger partial charge in [-0.3, -0.25) is 9.47 Å². The van der Waals surface area contributed by atoms with Gasteiger partial charge in [0.25, 0.3) is 0 Å². The van der Waals surface area contributed by atoms with Crippen LogP contribution in [0.4, 0.5) is 4.39 Å². The fraction of sp³-hybridized carbons (Fsp3) is 0.227. The highest BCUT2D eigenvalue weighted by atomic mass is 32.2. The van der Waals surface area contributed by atoms with Crippen LogP contribution in [0.3, 0.4) is 0 Å². The van der Waals surface area contributed by atoms with Crippen LogP contribution in [0.15, 0.2) is 72.1 Å². The van der Waals surface area contributed by atoms with Crippen LogP contribution in [0.5, 0.6) is 0 Å². The average molecular weight is 423 g/mol. The summed E-state index contributed by atoms with van der Waals surface area (Å²) in [5, 5.41) is 13.9. The van der Waals surface area contributed by atoms with Crippen LogP contribution >= 0.6 is 11.8 Å². The Balaban J connectivity index is 1.58. The highest BCUT2D eigenvalue weighted by Crippen LogP contribution is 2.29. The van der Waals surface area contributed by atoms with Gasteiger partial charge in [0.1, 0.15) is 5.82 Å². The van der Waals surface area contributed by atoms with E-state index in [1.54, 1.807) is 30.1 Å². The van der Waals surface area contributed by atoms with E-state index in [1.807, 2.05) is 47.7 Å². The Labute approximate surface area is 179 Å². The van der Waals surface area contributed by atoms with E-state index in [9.17, 15) is 4.39 Å². The van der Waals surface area contributed by atoms with Crippen molar-refractivity contribution in [3.63, 3.8) is 0 Å². The van der Waals surface area contributed by atoms with Crippen LogP contribution in [0.2, 0.25) is 0 Å². The van der Waals surface area contributed by atoms with Gasteiger partial charge >= 0.3 is 0 Å². The quantitative estimate of drug-likeness (QED) is 0.410. The van der Waals surface area contributed by atoms with E-state index in [1.165, 1.54) is 17.7 Å². The Morgan fingerprint density at radius 3 is 2.33 bits per heavy atom. The van der Waals surface area contributed by atoms with Crippen LogP contribution in [0.25, 0.3) is 11.4 Å². The second-order valence-electron chi connectivity index (χ2n) is 7.20. The molecule has 2 aromatic carbocycles. The van der Waals surface area contributed by atoms with E-state index in [0.29, 0.717) is 0 Å². The fourth-order valence-corrected chi connectivity index (χ4v) is 3.94. The molecule has 6 nitrogen and oxygen atoms in total. The van der Waals surface area contributed by atoms with Gasteiger partial charge in [-0.25, -0.2) is 9.07 Å². The lowest BCUT2D eigenvalue weighted by Crippen LogP contribution is -2.20. The lowest BCUT2D eigenvalue weighted by Gasteiger charge is -2.20. The number of halogens is 1. The molecule has 8 heteroatoms. The first-order valence-electron chi connectivity index (χ1n) is 9.62. The number of hydrogen-bond donors (Lipinski definition) is 0. The minimum Gasteiger partial charge on any atom is -0.300 e. The number of thioether (sulfide) groups is 1. The van der Waals surface area contributed by atoms with Crippen molar-refractivity contribution in [1.82, 2.24) is 29.4 Å². The first-order valence-corrected chi connectivity index (χ1v) is 10.6. The molecule has 4 aromatic rings. The smallest absolute Gasteiger partial charge is 0.196 e. The SMILES string of the molecule is C[C@@H](c1nnc(SCc2ccc(-n3cccn3)cc2)n1-c1ccc(F)cc1)N(C)C. The normalized spacial score (nSPS) is 12.4. The third-order valence-electron chi connectivity index (χ3n) is 4.96. The second-order valence-corrected chi connectivity index (χ2v) is 8.14. The predicted molar refractivity (Wildman–Crippen MR) is 117 cm³/mol. The van der Waals surface area contributed by atoms with E-state index in [4.69, 9.17) is 0 Å². The van der Waals surface area contributed by atoms with Gasteiger partial charge in [0.05, 0.1) is 11.7 Å². The first-order chi connectivity index (χ1) is 14.5. The molecule has 30 heavy (non-hydrogen) atoms. The molecule has 0 N–H and O–H groups in total. The van der Waals surface area contributed by atoms with Gasteiger partial charge in [0.2, 0.25) is 0 Å². The summed E-state index contributed by atoms with van der Waals surface area (Å²) in [6.45, 7) is 2.08. The maximum absolute atomic E-state index is 13.5. The van der Waals surface area contributed by atoms with Crippen LogP contribution < -0.4 is 0 Å². The van der Waals surface area contributed by atoms with Crippen molar-refractivity contribution >= 4 is 11.8 Å². The van der Waals surface area contributed by atoms with E-state index in [2.05, 4.69) is 39.3 Å². The molecule has 154 valence electrons. The zero-order chi connectivity index (χ0) is 21.1. The third-order valence-corrected chi connectivity index (χ3v) is 5.96. The number of rotatable bonds is 7. The highest BCUT2D eigenvalue weighted by molar-refractivity contribution is 7.98. The minimum absolute atomic E-state index is 0.0604. The Morgan fingerprint density at radius 2 is 1.70 bits per heavy atom. The molecule has 0 fully saturated rings. The standard InChI is InChI=1S/C22H23FN6S/c1-16(27(2)3)21-25-26-22(29(21)20-11-7-18(23)8-12-20)30-15-17-5-9-19(10-6-17)28-14-4-13-24-28/h4-14,16H,15H2,1-3H3/t16-/m0/s1. The van der Waals surface area contributed by atoms with E-state index >= 15 is 0 Å². The molecule has 1 atom stereocenters. The molecule has 0 spiro atoms. The van der Waals surface area contributed by atoms with Gasteiger partial charge < -0.3 is 0 Å². The molecular weight excluding hydrogens is 399 g/mol. The largest absolute Gasteiger partial charge is 0.300 e. The van der Waals surface area contributed by atoms with Crippen molar-refractivity contribution in [2.75, 3.05) is 14.1 Å². The maximum atomic E-state index is 13.5. The summed E-state index contributed by atoms with van der Waals surface area (Å²) in [7, 11) is 4.00. The van der Waals surface area contributed by atoms with Gasteiger partial charge in [0, 0.05) is 23.8 Å². The van der Waals surface area contributed by atoms with Gasteiger partial charge in [0.15, 0.2) is 11.0 Å². The molecule has 0 aliphatic rings. The molecule has 0 aliphatic carbocycles. The molecule has 0 radical (unpaired) electrons. The molecule has 0 saturated heterocycles. The number of aromatic nitrogens is 5. The lowest BCUT2D eigenvalue weighted by atomic mass is 10.2. The van der Waals surface area contributed by atoms with Gasteiger partial charge in [-0.2, -0.15) is 5.10 Å². The van der Waals surface area contributed by atoms with E-state index < -0.39 is 0 Å². The molecule has 4 rings (SSSR count). The third kappa shape index (κ3) is 4.29. The minimum atomic E-state index is -0.263. The molecule has 0 bridgehead atoms. The number of nitrogens with zero attached hydrogens (tertiary/aromatic N) is 6. The van der Waals surface area contributed by atoms with Crippen molar-refractivity contribution in [3.05, 3.63) is 84.2 Å². The molecule has 2 aromatic heterocycles. The topological polar surface area (TPSA) is 51.8 Å². The average Bonchev–Trinajstić information content (AvgIpc) is 3.43. The first kappa shape index (κ1) is 20.3. The molecule has 0 unspecified atom stereocenters. The fourth-order valence-electron chi connectivity index (χ4n) is 3.02. The highest BCUT2D eigenvalue weighted by Gasteiger charge is 2.21.